The molecule has 0 bridgehead atoms. The summed E-state index contributed by atoms with van der Waals surface area (Å²) in [6, 6.07) is 19.3. The van der Waals surface area contributed by atoms with Gasteiger partial charge in [-0.3, -0.25) is 14.5 Å². The van der Waals surface area contributed by atoms with Gasteiger partial charge in [-0.2, -0.15) is 0 Å². The summed E-state index contributed by atoms with van der Waals surface area (Å²) in [5.41, 5.74) is 2.61. The van der Waals surface area contributed by atoms with E-state index in [2.05, 4.69) is 15.0 Å². The smallest absolute Gasteiger partial charge is 0.265 e. The zero-order chi connectivity index (χ0) is 25.7. The second kappa shape index (κ2) is 11.1. The molecule has 0 aliphatic rings. The minimum atomic E-state index is -3.52. The molecule has 0 radical (unpaired) electrons. The first-order valence-electron chi connectivity index (χ1n) is 10.7. The summed E-state index contributed by atoms with van der Waals surface area (Å²) >= 11 is 7.21. The summed E-state index contributed by atoms with van der Waals surface area (Å²) in [7, 11) is -3.52. The van der Waals surface area contributed by atoms with Crippen molar-refractivity contribution in [2.45, 2.75) is 13.2 Å². The molecule has 4 rings (SSSR count). The fourth-order valence-corrected chi connectivity index (χ4v) is 5.13. The maximum absolute atomic E-state index is 13.0. The van der Waals surface area contributed by atoms with Gasteiger partial charge in [0.1, 0.15) is 18.1 Å². The second-order valence-corrected chi connectivity index (χ2v) is 11.1. The van der Waals surface area contributed by atoms with E-state index < -0.39 is 15.9 Å². The van der Waals surface area contributed by atoms with E-state index in [1.165, 1.54) is 18.2 Å². The zero-order valence-corrected chi connectivity index (χ0v) is 21.5. The SMILES string of the molecule is CS(=O)(=O)Nc1cc(Cl)cc(NC(=O)c2cc(-c3ncccc3OCc3ccccc3)c(CO)s2)c1. The molecular weight excluding hydrogens is 522 g/mol. The topological polar surface area (TPSA) is 118 Å². The molecule has 4 aromatic rings. The van der Waals surface area contributed by atoms with E-state index in [-0.39, 0.29) is 17.3 Å². The lowest BCUT2D eigenvalue weighted by atomic mass is 10.1. The first-order chi connectivity index (χ1) is 17.2. The molecule has 0 saturated heterocycles. The van der Waals surface area contributed by atoms with Crippen molar-refractivity contribution in [2.24, 2.45) is 0 Å². The van der Waals surface area contributed by atoms with E-state index in [1.54, 1.807) is 24.4 Å². The Bertz CT molecular complexity index is 1490. The van der Waals surface area contributed by atoms with Crippen molar-refractivity contribution in [2.75, 3.05) is 16.3 Å². The largest absolute Gasteiger partial charge is 0.487 e. The Kier molecular flexibility index (Phi) is 7.90. The van der Waals surface area contributed by atoms with Crippen LogP contribution in [0.15, 0.2) is 72.9 Å². The number of ether oxygens (including phenoxy) is 1. The zero-order valence-electron chi connectivity index (χ0n) is 19.1. The van der Waals surface area contributed by atoms with Crippen LogP contribution in [-0.4, -0.2) is 30.7 Å². The van der Waals surface area contributed by atoms with Crippen molar-refractivity contribution in [1.82, 2.24) is 4.98 Å². The van der Waals surface area contributed by atoms with Crippen molar-refractivity contribution < 1.29 is 23.1 Å². The molecule has 0 fully saturated rings. The predicted molar refractivity (Wildman–Crippen MR) is 142 cm³/mol. The van der Waals surface area contributed by atoms with Crippen LogP contribution in [0.2, 0.25) is 5.02 Å². The van der Waals surface area contributed by atoms with E-state index in [1.807, 2.05) is 30.3 Å². The highest BCUT2D eigenvalue weighted by molar-refractivity contribution is 7.92. The maximum Gasteiger partial charge on any atom is 0.265 e. The lowest BCUT2D eigenvalue weighted by molar-refractivity contribution is 0.103. The number of nitrogens with zero attached hydrogens (tertiary/aromatic N) is 1. The first kappa shape index (κ1) is 25.6. The Hall–Kier alpha value is -3.44. The van der Waals surface area contributed by atoms with Gasteiger partial charge < -0.3 is 15.2 Å². The van der Waals surface area contributed by atoms with Crippen LogP contribution in [-0.2, 0) is 23.2 Å². The van der Waals surface area contributed by atoms with E-state index in [9.17, 15) is 18.3 Å². The number of hydrogen-bond acceptors (Lipinski definition) is 7. The third-order valence-electron chi connectivity index (χ3n) is 4.90. The van der Waals surface area contributed by atoms with E-state index >= 15 is 0 Å². The number of aliphatic hydroxyl groups excluding tert-OH is 1. The Morgan fingerprint density at radius 1 is 1.08 bits per heavy atom. The predicted octanol–water partition coefficient (Wildman–Crippen LogP) is 5.16. The van der Waals surface area contributed by atoms with Crippen LogP contribution < -0.4 is 14.8 Å². The number of sulfonamides is 1. The van der Waals surface area contributed by atoms with Crippen molar-refractivity contribution in [3.8, 4) is 17.0 Å². The van der Waals surface area contributed by atoms with Gasteiger partial charge >= 0.3 is 0 Å². The highest BCUT2D eigenvalue weighted by Crippen LogP contribution is 2.36. The van der Waals surface area contributed by atoms with Crippen molar-refractivity contribution in [3.05, 3.63) is 93.3 Å². The van der Waals surface area contributed by atoms with E-state index in [4.69, 9.17) is 16.3 Å². The van der Waals surface area contributed by atoms with Crippen LogP contribution in [0, 0.1) is 0 Å². The van der Waals surface area contributed by atoms with Crippen LogP contribution in [0.25, 0.3) is 11.3 Å². The molecule has 11 heteroatoms. The number of aromatic nitrogens is 1. The summed E-state index contributed by atoms with van der Waals surface area (Å²) in [4.78, 5) is 18.3. The number of nitrogens with one attached hydrogen (secondary N) is 2. The summed E-state index contributed by atoms with van der Waals surface area (Å²) in [6.07, 6.45) is 2.64. The average Bonchev–Trinajstić information content (AvgIpc) is 3.27. The molecule has 8 nitrogen and oxygen atoms in total. The maximum atomic E-state index is 13.0. The fraction of sp³-hybridized carbons (Fsp3) is 0.120. The van der Waals surface area contributed by atoms with Crippen LogP contribution in [0.4, 0.5) is 11.4 Å². The standard InChI is InChI=1S/C25H22ClN3O5S2/c1-36(32,33)29-19-11-17(26)10-18(12-19)28-25(31)22-13-20(23(14-30)35-22)24-21(8-5-9-27-24)34-15-16-6-3-2-4-7-16/h2-13,29-30H,14-15H2,1H3,(H,28,31). The fourth-order valence-electron chi connectivity index (χ4n) is 3.43. The molecule has 186 valence electrons. The van der Waals surface area contributed by atoms with Crippen LogP contribution in [0.1, 0.15) is 20.1 Å². The number of carbonyl (C=O) groups excluding carboxylic acids is 1. The molecule has 1 amide bonds. The van der Waals surface area contributed by atoms with Gasteiger partial charge in [0.2, 0.25) is 10.0 Å². The van der Waals surface area contributed by atoms with Crippen molar-refractivity contribution in [1.29, 1.82) is 0 Å². The van der Waals surface area contributed by atoms with Gasteiger partial charge in [-0.25, -0.2) is 8.42 Å². The quantitative estimate of drug-likeness (QED) is 0.268. The molecule has 0 aliphatic carbocycles. The molecule has 0 aliphatic heterocycles. The van der Waals surface area contributed by atoms with Crippen LogP contribution in [0.3, 0.4) is 0 Å². The van der Waals surface area contributed by atoms with E-state index in [0.29, 0.717) is 39.1 Å². The number of pyridine rings is 1. The van der Waals surface area contributed by atoms with Gasteiger partial charge in [0.25, 0.3) is 5.91 Å². The number of halogens is 1. The third kappa shape index (κ3) is 6.61. The number of aliphatic hydroxyl groups is 1. The highest BCUT2D eigenvalue weighted by Gasteiger charge is 2.20. The first-order valence-corrected chi connectivity index (χ1v) is 13.8. The Balaban J connectivity index is 1.58. The molecule has 0 unspecified atom stereocenters. The summed E-state index contributed by atoms with van der Waals surface area (Å²) < 4.78 is 31.4. The normalized spacial score (nSPS) is 11.2. The van der Waals surface area contributed by atoms with Crippen molar-refractivity contribution in [3.63, 3.8) is 0 Å². The molecule has 36 heavy (non-hydrogen) atoms. The summed E-state index contributed by atoms with van der Waals surface area (Å²) in [5, 5.41) is 12.9. The molecule has 0 spiro atoms. The van der Waals surface area contributed by atoms with Gasteiger partial charge in [0, 0.05) is 27.3 Å². The lowest BCUT2D eigenvalue weighted by Gasteiger charge is -2.11. The Morgan fingerprint density at radius 3 is 2.56 bits per heavy atom. The van der Waals surface area contributed by atoms with E-state index in [0.717, 1.165) is 23.2 Å². The van der Waals surface area contributed by atoms with Crippen LogP contribution in [0.5, 0.6) is 5.75 Å². The number of thiophene rings is 1. The van der Waals surface area contributed by atoms with Crippen LogP contribution >= 0.6 is 22.9 Å². The van der Waals surface area contributed by atoms with Gasteiger partial charge in [-0.05, 0) is 42.0 Å². The Labute approximate surface area is 217 Å². The average molecular weight is 544 g/mol. The molecule has 3 N–H and O–H groups in total. The number of amides is 1. The van der Waals surface area contributed by atoms with Gasteiger partial charge in [-0.1, -0.05) is 41.9 Å². The molecule has 2 heterocycles. The van der Waals surface area contributed by atoms with Crippen molar-refractivity contribution >= 4 is 50.2 Å². The Morgan fingerprint density at radius 2 is 1.83 bits per heavy atom. The molecule has 2 aromatic carbocycles. The summed E-state index contributed by atoms with van der Waals surface area (Å²) in [5.74, 6) is 0.0725. The number of rotatable bonds is 9. The minimum Gasteiger partial charge on any atom is -0.487 e. The second-order valence-electron chi connectivity index (χ2n) is 7.79. The molecule has 0 saturated carbocycles. The number of anilines is 2. The number of benzene rings is 2. The number of hydrogen-bond donors (Lipinski definition) is 3. The monoisotopic (exact) mass is 543 g/mol. The molecule has 0 atom stereocenters. The minimum absolute atomic E-state index is 0.219. The van der Waals surface area contributed by atoms with Gasteiger partial charge in [0.15, 0.2) is 0 Å². The lowest BCUT2D eigenvalue weighted by Crippen LogP contribution is -2.12. The number of carbonyl (C=O) groups is 1. The molecule has 2 aromatic heterocycles. The molecular formula is C25H22ClN3O5S2. The highest BCUT2D eigenvalue weighted by atomic mass is 35.5. The van der Waals surface area contributed by atoms with Gasteiger partial charge in [0.05, 0.1) is 23.4 Å². The van der Waals surface area contributed by atoms with Gasteiger partial charge in [-0.15, -0.1) is 11.3 Å². The summed E-state index contributed by atoms with van der Waals surface area (Å²) in [6.45, 7) is 0.0473. The third-order valence-corrected chi connectivity index (χ3v) is 6.84.